The Bertz CT molecular complexity index is 1280. The maximum absolute atomic E-state index is 5.23. The zero-order chi connectivity index (χ0) is 28.8. The summed E-state index contributed by atoms with van der Waals surface area (Å²) in [4.78, 5) is 0. The number of para-hydroxylation sites is 2. The smallest absolute Gasteiger partial charge is 0.330 e. The summed E-state index contributed by atoms with van der Waals surface area (Å²) in [5.41, 5.74) is 12.7. The van der Waals surface area contributed by atoms with Gasteiger partial charge in [0.25, 0.3) is 0 Å². The van der Waals surface area contributed by atoms with E-state index in [1.165, 1.54) is 60.2 Å². The number of aromatic nitrogens is 1. The molecule has 0 aliphatic rings. The molecule has 4 N–H and O–H groups in total. The third-order valence-corrected chi connectivity index (χ3v) is 6.39. The number of hydrogen-bond donors (Lipinski definition) is 2. The maximum Gasteiger partial charge on any atom is 0.359 e. The van der Waals surface area contributed by atoms with E-state index < -0.39 is 0 Å². The molecular weight excluding hydrogens is 490 g/mol. The first kappa shape index (κ1) is 32.9. The minimum absolute atomic E-state index is 0.806. The van der Waals surface area contributed by atoms with Crippen LogP contribution in [-0.2, 0) is 6.54 Å². The van der Waals surface area contributed by atoms with Crippen LogP contribution in [0, 0.1) is 0 Å². The summed E-state index contributed by atoms with van der Waals surface area (Å²) in [7, 11) is 0. The van der Waals surface area contributed by atoms with Crippen LogP contribution >= 0.6 is 0 Å². The van der Waals surface area contributed by atoms with Crippen LogP contribution < -0.4 is 16.0 Å². The number of pyridine rings is 1. The summed E-state index contributed by atoms with van der Waals surface area (Å²) in [5.74, 6) is 0. The monoisotopic (exact) mass is 541 g/mol. The Hall–Kier alpha value is -3.34. The summed E-state index contributed by atoms with van der Waals surface area (Å²) in [6.45, 7) is 9.24. The molecule has 4 nitrogen and oxygen atoms in total. The van der Waals surface area contributed by atoms with Crippen LogP contribution in [0.1, 0.15) is 72.1 Å². The zero-order valence-corrected chi connectivity index (χ0v) is 25.0. The zero-order valence-electron chi connectivity index (χ0n) is 25.0. The number of fused-ring (bicyclic) bond motifs is 4. The van der Waals surface area contributed by atoms with Gasteiger partial charge in [0.15, 0.2) is 6.20 Å². The normalized spacial score (nSPS) is 10.2. The van der Waals surface area contributed by atoms with Crippen molar-refractivity contribution in [3.05, 3.63) is 97.4 Å². The molecule has 5 aromatic rings. The van der Waals surface area contributed by atoms with Crippen molar-refractivity contribution in [1.82, 2.24) is 0 Å². The lowest BCUT2D eigenvalue weighted by atomic mass is 10.1. The molecule has 214 valence electrons. The Kier molecular flexibility index (Phi) is 16.9. The van der Waals surface area contributed by atoms with Crippen LogP contribution in [0.5, 0.6) is 0 Å². The Morgan fingerprint density at radius 2 is 1.18 bits per heavy atom. The molecule has 0 atom stereocenters. The molecule has 0 spiro atoms. The van der Waals surface area contributed by atoms with Crippen LogP contribution in [0.3, 0.4) is 0 Å². The van der Waals surface area contributed by atoms with Gasteiger partial charge in [0.05, 0.1) is 10.8 Å². The lowest BCUT2D eigenvalue weighted by Crippen LogP contribution is -2.34. The van der Waals surface area contributed by atoms with Gasteiger partial charge >= 0.3 is 11.8 Å². The van der Waals surface area contributed by atoms with E-state index in [9.17, 15) is 0 Å². The first-order chi connectivity index (χ1) is 19.7. The quantitative estimate of drug-likeness (QED) is 0.0846. The number of unbranched alkanes of at least 4 members (excludes halogenated alkanes) is 5. The van der Waals surface area contributed by atoms with E-state index >= 15 is 0 Å². The van der Waals surface area contributed by atoms with Gasteiger partial charge in [-0.25, -0.2) is 4.42 Å². The molecule has 0 unspecified atom stereocenters. The fourth-order valence-corrected chi connectivity index (χ4v) is 4.38. The molecule has 3 aromatic carbocycles. The molecule has 0 saturated heterocycles. The second kappa shape index (κ2) is 20.5. The van der Waals surface area contributed by atoms with Crippen LogP contribution in [0.2, 0.25) is 0 Å². The molecule has 2 aromatic heterocycles. The second-order valence-corrected chi connectivity index (χ2v) is 9.98. The average molecular weight is 542 g/mol. The third-order valence-electron chi connectivity index (χ3n) is 6.39. The van der Waals surface area contributed by atoms with Gasteiger partial charge in [-0.15, -0.1) is 0 Å². The highest BCUT2D eigenvalue weighted by Crippen LogP contribution is 2.22. The topological polar surface area (TPSA) is 67.2 Å². The molecule has 0 radical (unpaired) electrons. The lowest BCUT2D eigenvalue weighted by Gasteiger charge is -2.05. The summed E-state index contributed by atoms with van der Waals surface area (Å²) in [6.07, 6.45) is 13.9. The van der Waals surface area contributed by atoms with Crippen LogP contribution in [-0.4, -0.2) is 13.1 Å². The molecule has 40 heavy (non-hydrogen) atoms. The summed E-state index contributed by atoms with van der Waals surface area (Å²) < 4.78 is 7.64. The van der Waals surface area contributed by atoms with Gasteiger partial charge in [0, 0.05) is 35.4 Å². The molecule has 0 amide bonds. The van der Waals surface area contributed by atoms with Crippen molar-refractivity contribution >= 4 is 32.6 Å². The fourth-order valence-electron chi connectivity index (χ4n) is 4.38. The van der Waals surface area contributed by atoms with E-state index in [-0.39, 0.29) is 0 Å². The van der Waals surface area contributed by atoms with Crippen molar-refractivity contribution in [1.29, 1.82) is 0 Å². The SMILES string of the molecule is CCC.CCCCCC[n+]1cc2ccccc2c2ccccc21.NCCCCCN.c1ccc2[o+]cccc2c1. The second-order valence-electron chi connectivity index (χ2n) is 9.98. The van der Waals surface area contributed by atoms with E-state index in [2.05, 4.69) is 80.1 Å². The molecular formula is C36H51N3O+2. The maximum atomic E-state index is 5.23. The number of rotatable bonds is 9. The largest absolute Gasteiger partial charge is 0.359 e. The van der Waals surface area contributed by atoms with E-state index in [0.29, 0.717) is 0 Å². The molecule has 0 bridgehead atoms. The Morgan fingerprint density at radius 3 is 1.85 bits per heavy atom. The summed E-state index contributed by atoms with van der Waals surface area (Å²) in [5, 5.41) is 5.20. The highest BCUT2D eigenvalue weighted by atomic mass is 16.3. The molecule has 0 aliphatic carbocycles. The van der Waals surface area contributed by atoms with Crippen molar-refractivity contribution in [2.75, 3.05) is 13.1 Å². The van der Waals surface area contributed by atoms with Gasteiger partial charge in [-0.05, 0) is 56.6 Å². The average Bonchev–Trinajstić information content (AvgIpc) is 3.01. The molecule has 0 aliphatic heterocycles. The minimum Gasteiger partial charge on any atom is -0.330 e. The predicted octanol–water partition coefficient (Wildman–Crippen LogP) is 9.07. The van der Waals surface area contributed by atoms with Gasteiger partial charge in [-0.2, -0.15) is 4.57 Å². The van der Waals surface area contributed by atoms with Crippen LogP contribution in [0.25, 0.3) is 32.6 Å². The lowest BCUT2D eigenvalue weighted by molar-refractivity contribution is -0.670. The van der Waals surface area contributed by atoms with Gasteiger partial charge in [-0.1, -0.05) is 88.9 Å². The number of benzene rings is 3. The van der Waals surface area contributed by atoms with Gasteiger partial charge in [-0.3, -0.25) is 0 Å². The first-order valence-corrected chi connectivity index (χ1v) is 15.2. The van der Waals surface area contributed by atoms with Crippen molar-refractivity contribution < 1.29 is 8.98 Å². The molecule has 5 rings (SSSR count). The van der Waals surface area contributed by atoms with Crippen LogP contribution in [0.15, 0.2) is 102 Å². The number of nitrogens with two attached hydrogens (primary N) is 2. The Morgan fingerprint density at radius 1 is 0.600 bits per heavy atom. The number of nitrogens with zero attached hydrogens (tertiary/aromatic N) is 1. The van der Waals surface area contributed by atoms with Crippen molar-refractivity contribution in [3.63, 3.8) is 0 Å². The highest BCUT2D eigenvalue weighted by molar-refractivity contribution is 6.03. The van der Waals surface area contributed by atoms with E-state index in [0.717, 1.165) is 43.4 Å². The van der Waals surface area contributed by atoms with Crippen LogP contribution in [0.4, 0.5) is 0 Å². The standard InChI is InChI=1S/C19H22N.C9H7O.C5H14N2.C3H8/c1-2-3-4-9-14-20-15-16-10-5-6-11-17(16)18-12-7-8-13-19(18)20;1-2-6-9-8(4-1)5-3-7-10-9;6-4-2-1-3-5-7;1-3-2/h5-8,10-13,15H,2-4,9,14H2,1H3;1-7H;1-7H2;3H2,1-2H3/q2*+1;;. The number of aryl methyl sites for hydroxylation is 1. The summed E-state index contributed by atoms with van der Waals surface area (Å²) >= 11 is 0. The predicted molar refractivity (Wildman–Crippen MR) is 174 cm³/mol. The molecule has 0 saturated carbocycles. The van der Waals surface area contributed by atoms with Crippen molar-refractivity contribution in [3.8, 4) is 0 Å². The van der Waals surface area contributed by atoms with E-state index in [4.69, 9.17) is 15.9 Å². The fraction of sp³-hybridized carbons (Fsp3) is 0.389. The van der Waals surface area contributed by atoms with Gasteiger partial charge in [0.2, 0.25) is 5.52 Å². The first-order valence-electron chi connectivity index (χ1n) is 15.2. The number of hydrogen-bond acceptors (Lipinski definition) is 2. The van der Waals surface area contributed by atoms with Crippen molar-refractivity contribution in [2.45, 2.75) is 78.7 Å². The molecule has 4 heteroatoms. The van der Waals surface area contributed by atoms with E-state index in [1.54, 1.807) is 6.26 Å². The van der Waals surface area contributed by atoms with Gasteiger partial charge < -0.3 is 11.5 Å². The third kappa shape index (κ3) is 11.4. The highest BCUT2D eigenvalue weighted by Gasteiger charge is 2.12. The molecule has 0 fully saturated rings. The molecule has 2 heterocycles. The summed E-state index contributed by atoms with van der Waals surface area (Å²) in [6, 6.07) is 29.3. The Balaban J connectivity index is 0.000000233. The van der Waals surface area contributed by atoms with E-state index in [1.807, 2.05) is 36.4 Å². The van der Waals surface area contributed by atoms with Crippen molar-refractivity contribution in [2.24, 2.45) is 11.5 Å². The Labute approximate surface area is 242 Å². The minimum atomic E-state index is 0.806. The van der Waals surface area contributed by atoms with Gasteiger partial charge in [0.1, 0.15) is 6.54 Å².